The van der Waals surface area contributed by atoms with Crippen LogP contribution in [0.3, 0.4) is 0 Å². The fraction of sp³-hybridized carbons (Fsp3) is 0.444. The minimum atomic E-state index is -0.0164. The van der Waals surface area contributed by atoms with Gasteiger partial charge >= 0.3 is 6.03 Å². The van der Waals surface area contributed by atoms with Gasteiger partial charge in [0.1, 0.15) is 0 Å². The van der Waals surface area contributed by atoms with Gasteiger partial charge in [0.15, 0.2) is 0 Å². The lowest BCUT2D eigenvalue weighted by Crippen LogP contribution is -2.53. The molecule has 1 atom stereocenters. The van der Waals surface area contributed by atoms with Gasteiger partial charge in [0.2, 0.25) is 0 Å². The van der Waals surface area contributed by atoms with E-state index in [1.54, 1.807) is 4.68 Å². The quantitative estimate of drug-likeness (QED) is 0.923. The Bertz CT molecular complexity index is 726. The molecule has 0 aliphatic carbocycles. The van der Waals surface area contributed by atoms with Crippen molar-refractivity contribution in [1.29, 1.82) is 0 Å². The average molecular weight is 325 g/mol. The molecule has 3 heterocycles. The third kappa shape index (κ3) is 2.89. The van der Waals surface area contributed by atoms with Gasteiger partial charge < -0.3 is 10.2 Å². The highest BCUT2D eigenvalue weighted by Crippen LogP contribution is 2.22. The number of nitrogens with zero attached hydrogens (tertiary/aromatic N) is 4. The first-order chi connectivity index (χ1) is 11.7. The Morgan fingerprint density at radius 2 is 2.04 bits per heavy atom. The summed E-state index contributed by atoms with van der Waals surface area (Å²) in [5, 5.41) is 7.54. The first kappa shape index (κ1) is 15.2. The molecule has 0 bridgehead atoms. The van der Waals surface area contributed by atoms with Crippen LogP contribution in [0.25, 0.3) is 5.69 Å². The van der Waals surface area contributed by atoms with Crippen LogP contribution in [0.15, 0.2) is 36.5 Å². The number of para-hydroxylation sites is 1. The second-order valence-electron chi connectivity index (χ2n) is 6.62. The van der Waals surface area contributed by atoms with Crippen LogP contribution in [0.2, 0.25) is 0 Å². The van der Waals surface area contributed by atoms with E-state index >= 15 is 0 Å². The van der Waals surface area contributed by atoms with Gasteiger partial charge in [-0.15, -0.1) is 0 Å². The van der Waals surface area contributed by atoms with E-state index in [1.165, 1.54) is 19.4 Å². The third-order valence-electron chi connectivity index (χ3n) is 5.04. The molecule has 2 amide bonds. The Kier molecular flexibility index (Phi) is 3.98. The van der Waals surface area contributed by atoms with E-state index in [2.05, 4.69) is 15.3 Å². The van der Waals surface area contributed by atoms with Crippen molar-refractivity contribution in [2.75, 3.05) is 31.5 Å². The predicted molar refractivity (Wildman–Crippen MR) is 93.5 cm³/mol. The molecule has 2 aliphatic rings. The number of hydrogen-bond acceptors (Lipinski definition) is 3. The minimum absolute atomic E-state index is 0.0164. The maximum atomic E-state index is 12.6. The van der Waals surface area contributed by atoms with E-state index in [1.807, 2.05) is 48.4 Å². The number of benzene rings is 1. The van der Waals surface area contributed by atoms with Crippen LogP contribution in [0.1, 0.15) is 18.5 Å². The van der Waals surface area contributed by atoms with E-state index in [9.17, 15) is 4.79 Å². The fourth-order valence-corrected chi connectivity index (χ4v) is 3.67. The molecule has 0 spiro atoms. The molecule has 0 radical (unpaired) electrons. The number of nitrogens with one attached hydrogen (secondary N) is 1. The van der Waals surface area contributed by atoms with Crippen LogP contribution in [0.4, 0.5) is 10.5 Å². The smallest absolute Gasteiger partial charge is 0.322 e. The van der Waals surface area contributed by atoms with Crippen LogP contribution >= 0.6 is 0 Å². The van der Waals surface area contributed by atoms with Crippen molar-refractivity contribution in [3.8, 4) is 5.69 Å². The summed E-state index contributed by atoms with van der Waals surface area (Å²) in [5.41, 5.74) is 2.59. The summed E-state index contributed by atoms with van der Waals surface area (Å²) in [6, 6.07) is 10.5. The molecular weight excluding hydrogens is 302 g/mol. The largest absolute Gasteiger partial charge is 0.322 e. The number of aromatic nitrogens is 2. The number of amides is 2. The van der Waals surface area contributed by atoms with Gasteiger partial charge in [0.05, 0.1) is 23.3 Å². The van der Waals surface area contributed by atoms with Gasteiger partial charge in [-0.2, -0.15) is 5.10 Å². The summed E-state index contributed by atoms with van der Waals surface area (Å²) < 4.78 is 1.81. The van der Waals surface area contributed by atoms with Gasteiger partial charge in [-0.1, -0.05) is 18.2 Å². The van der Waals surface area contributed by atoms with Crippen molar-refractivity contribution in [1.82, 2.24) is 19.6 Å². The molecule has 4 rings (SSSR count). The monoisotopic (exact) mass is 325 g/mol. The highest BCUT2D eigenvalue weighted by Gasteiger charge is 2.32. The molecule has 6 heteroatoms. The summed E-state index contributed by atoms with van der Waals surface area (Å²) in [6.07, 6.45) is 4.34. The Balaban J connectivity index is 1.45. The molecule has 1 aromatic carbocycles. The minimum Gasteiger partial charge on any atom is -0.322 e. The zero-order valence-electron chi connectivity index (χ0n) is 14.0. The predicted octanol–water partition coefficient (Wildman–Crippen LogP) is 2.49. The number of piperazine rings is 1. The second kappa shape index (κ2) is 6.28. The number of fused-ring (bicyclic) bond motifs is 1. The van der Waals surface area contributed by atoms with E-state index < -0.39 is 0 Å². The molecule has 6 nitrogen and oxygen atoms in total. The van der Waals surface area contributed by atoms with Crippen LogP contribution < -0.4 is 5.32 Å². The summed E-state index contributed by atoms with van der Waals surface area (Å²) in [6.45, 7) is 5.72. The lowest BCUT2D eigenvalue weighted by atomic mass is 10.1. The molecule has 2 aliphatic heterocycles. The summed E-state index contributed by atoms with van der Waals surface area (Å²) in [5.74, 6) is 0. The highest BCUT2D eigenvalue weighted by atomic mass is 16.2. The number of rotatable bonds is 2. The lowest BCUT2D eigenvalue weighted by Gasteiger charge is -2.37. The molecule has 126 valence electrons. The number of carbonyl (C=O) groups is 1. The van der Waals surface area contributed by atoms with Crippen molar-refractivity contribution in [2.24, 2.45) is 0 Å². The van der Waals surface area contributed by atoms with Gasteiger partial charge in [-0.25, -0.2) is 9.48 Å². The summed E-state index contributed by atoms with van der Waals surface area (Å²) in [7, 11) is 0. The number of aryl methyl sites for hydroxylation is 1. The van der Waals surface area contributed by atoms with Crippen molar-refractivity contribution in [3.63, 3.8) is 0 Å². The standard InChI is InChI=1S/C18H23N5O/c1-14-17(13-23(20-14)15-6-3-2-4-7-15)19-18(24)22-11-10-21-9-5-8-16(21)12-22/h2-4,6-7,13,16H,5,8-12H2,1H3,(H,19,24). The average Bonchev–Trinajstić information content (AvgIpc) is 3.22. The number of carbonyl (C=O) groups excluding carboxylic acids is 1. The van der Waals surface area contributed by atoms with E-state index in [4.69, 9.17) is 0 Å². The van der Waals surface area contributed by atoms with Crippen LogP contribution in [-0.2, 0) is 0 Å². The molecule has 1 N–H and O–H groups in total. The first-order valence-corrected chi connectivity index (χ1v) is 8.62. The Morgan fingerprint density at radius 1 is 1.21 bits per heavy atom. The number of anilines is 1. The highest BCUT2D eigenvalue weighted by molar-refractivity contribution is 5.90. The molecule has 2 fully saturated rings. The maximum absolute atomic E-state index is 12.6. The van der Waals surface area contributed by atoms with Gasteiger partial charge in [-0.3, -0.25) is 4.90 Å². The molecule has 24 heavy (non-hydrogen) atoms. The van der Waals surface area contributed by atoms with Crippen LogP contribution in [-0.4, -0.2) is 57.8 Å². The van der Waals surface area contributed by atoms with Gasteiger partial charge in [0.25, 0.3) is 0 Å². The zero-order chi connectivity index (χ0) is 16.5. The van der Waals surface area contributed by atoms with Crippen molar-refractivity contribution in [3.05, 3.63) is 42.2 Å². The maximum Gasteiger partial charge on any atom is 0.322 e. The topological polar surface area (TPSA) is 53.4 Å². The van der Waals surface area contributed by atoms with Gasteiger partial charge in [0, 0.05) is 25.7 Å². The molecule has 0 saturated carbocycles. The van der Waals surface area contributed by atoms with E-state index in [0.717, 1.165) is 36.7 Å². The molecule has 1 unspecified atom stereocenters. The van der Waals surface area contributed by atoms with Crippen molar-refractivity contribution in [2.45, 2.75) is 25.8 Å². The second-order valence-corrected chi connectivity index (χ2v) is 6.62. The fourth-order valence-electron chi connectivity index (χ4n) is 3.67. The van der Waals surface area contributed by atoms with Crippen LogP contribution in [0, 0.1) is 6.92 Å². The van der Waals surface area contributed by atoms with Crippen molar-refractivity contribution >= 4 is 11.7 Å². The number of hydrogen-bond donors (Lipinski definition) is 1. The lowest BCUT2D eigenvalue weighted by molar-refractivity contribution is 0.124. The van der Waals surface area contributed by atoms with E-state index in [0.29, 0.717) is 6.04 Å². The van der Waals surface area contributed by atoms with Gasteiger partial charge in [-0.05, 0) is 38.4 Å². The number of urea groups is 1. The molecular formula is C18H23N5O. The molecule has 2 saturated heterocycles. The molecule has 2 aromatic rings. The van der Waals surface area contributed by atoms with Crippen LogP contribution in [0.5, 0.6) is 0 Å². The van der Waals surface area contributed by atoms with E-state index in [-0.39, 0.29) is 6.03 Å². The Morgan fingerprint density at radius 3 is 2.88 bits per heavy atom. The summed E-state index contributed by atoms with van der Waals surface area (Å²) >= 11 is 0. The molecule has 1 aromatic heterocycles. The normalized spacial score (nSPS) is 20.9. The first-order valence-electron chi connectivity index (χ1n) is 8.62. The third-order valence-corrected chi connectivity index (χ3v) is 5.04. The summed E-state index contributed by atoms with van der Waals surface area (Å²) in [4.78, 5) is 17.1. The SMILES string of the molecule is Cc1nn(-c2ccccc2)cc1NC(=O)N1CCN2CCCC2C1. The zero-order valence-corrected chi connectivity index (χ0v) is 14.0. The Labute approximate surface area is 142 Å². The van der Waals surface area contributed by atoms with Crippen molar-refractivity contribution < 1.29 is 4.79 Å². The Hall–Kier alpha value is -2.34.